The van der Waals surface area contributed by atoms with Crippen LogP contribution < -0.4 is 9.64 Å². The zero-order valence-corrected chi connectivity index (χ0v) is 18.1. The van der Waals surface area contributed by atoms with E-state index in [9.17, 15) is 9.18 Å². The van der Waals surface area contributed by atoms with Crippen molar-refractivity contribution in [2.24, 2.45) is 0 Å². The summed E-state index contributed by atoms with van der Waals surface area (Å²) in [6.07, 6.45) is 1.45. The van der Waals surface area contributed by atoms with Crippen LogP contribution in [0.15, 0.2) is 42.7 Å². The van der Waals surface area contributed by atoms with Gasteiger partial charge in [0.05, 0.1) is 17.5 Å². The highest BCUT2D eigenvalue weighted by Crippen LogP contribution is 2.33. The van der Waals surface area contributed by atoms with Crippen LogP contribution >= 0.6 is 11.3 Å². The Hall–Kier alpha value is -3.26. The molecule has 5 rings (SSSR count). The van der Waals surface area contributed by atoms with Crippen molar-refractivity contribution in [2.75, 3.05) is 38.2 Å². The molecule has 1 saturated heterocycles. The average Bonchev–Trinajstić information content (AvgIpc) is 3.14. The molecule has 0 radical (unpaired) electrons. The number of halogens is 1. The van der Waals surface area contributed by atoms with Gasteiger partial charge in [0.1, 0.15) is 12.1 Å². The van der Waals surface area contributed by atoms with Crippen molar-refractivity contribution in [1.82, 2.24) is 14.9 Å². The Balaban J connectivity index is 1.38. The average molecular weight is 437 g/mol. The number of aromatic nitrogens is 2. The van der Waals surface area contributed by atoms with E-state index in [4.69, 9.17) is 4.74 Å². The number of hydrogen-bond donors (Lipinski definition) is 0. The summed E-state index contributed by atoms with van der Waals surface area (Å²) < 4.78 is 20.3. The number of piperazine rings is 1. The summed E-state index contributed by atoms with van der Waals surface area (Å²) in [6.45, 7) is 4.48. The van der Waals surface area contributed by atoms with Crippen LogP contribution in [0.5, 0.6) is 5.75 Å². The van der Waals surface area contributed by atoms with Gasteiger partial charge in [0.15, 0.2) is 11.6 Å². The lowest BCUT2D eigenvalue weighted by atomic mass is 10.1. The van der Waals surface area contributed by atoms with Gasteiger partial charge in [0.25, 0.3) is 5.91 Å². The lowest BCUT2D eigenvalue weighted by Crippen LogP contribution is -2.49. The van der Waals surface area contributed by atoms with E-state index >= 15 is 0 Å². The van der Waals surface area contributed by atoms with E-state index in [1.807, 2.05) is 24.0 Å². The first-order valence-electron chi connectivity index (χ1n) is 10.1. The van der Waals surface area contributed by atoms with E-state index in [0.29, 0.717) is 31.7 Å². The van der Waals surface area contributed by atoms with Crippen LogP contribution in [-0.4, -0.2) is 54.1 Å². The fourth-order valence-electron chi connectivity index (χ4n) is 4.10. The zero-order valence-electron chi connectivity index (χ0n) is 17.3. The number of carbonyl (C=O) groups excluding carboxylic acids is 1. The molecule has 1 aliphatic rings. The number of fused-ring (bicyclic) bond motifs is 2. The molecule has 1 amide bonds. The molecular formula is C23H21FN4O2S. The van der Waals surface area contributed by atoms with Gasteiger partial charge in [-0.05, 0) is 30.0 Å². The summed E-state index contributed by atoms with van der Waals surface area (Å²) in [5.74, 6) is 0.523. The summed E-state index contributed by atoms with van der Waals surface area (Å²) in [7, 11) is 1.44. The third kappa shape index (κ3) is 3.37. The molecule has 0 spiro atoms. The number of aryl methyl sites for hydroxylation is 1. The first-order chi connectivity index (χ1) is 15.1. The van der Waals surface area contributed by atoms with Crippen LogP contribution in [0.4, 0.5) is 10.2 Å². The molecule has 0 bridgehead atoms. The van der Waals surface area contributed by atoms with Crippen LogP contribution in [0.1, 0.15) is 15.2 Å². The number of thiophene rings is 1. The number of amides is 1. The third-order valence-electron chi connectivity index (χ3n) is 5.79. The van der Waals surface area contributed by atoms with Gasteiger partial charge >= 0.3 is 0 Å². The lowest BCUT2D eigenvalue weighted by molar-refractivity contribution is 0.0751. The minimum absolute atomic E-state index is 0.0784. The summed E-state index contributed by atoms with van der Waals surface area (Å²) >= 11 is 1.56. The fourth-order valence-corrected chi connectivity index (χ4v) is 5.27. The summed E-state index contributed by atoms with van der Waals surface area (Å²) in [4.78, 5) is 26.7. The molecule has 0 N–H and O–H groups in total. The molecule has 3 heterocycles. The number of hydrogen-bond acceptors (Lipinski definition) is 6. The van der Waals surface area contributed by atoms with Crippen molar-refractivity contribution < 1.29 is 13.9 Å². The predicted molar refractivity (Wildman–Crippen MR) is 121 cm³/mol. The monoisotopic (exact) mass is 436 g/mol. The highest BCUT2D eigenvalue weighted by Gasteiger charge is 2.26. The minimum atomic E-state index is -0.450. The van der Waals surface area contributed by atoms with Crippen molar-refractivity contribution in [1.29, 1.82) is 0 Å². The van der Waals surface area contributed by atoms with Crippen molar-refractivity contribution >= 4 is 44.1 Å². The van der Waals surface area contributed by atoms with Gasteiger partial charge in [0, 0.05) is 42.3 Å². The van der Waals surface area contributed by atoms with Crippen molar-refractivity contribution in [3.05, 3.63) is 59.0 Å². The van der Waals surface area contributed by atoms with E-state index in [0.717, 1.165) is 31.7 Å². The maximum absolute atomic E-state index is 14.1. The molecule has 0 unspecified atom stereocenters. The molecule has 0 aliphatic carbocycles. The molecule has 1 fully saturated rings. The van der Waals surface area contributed by atoms with Crippen molar-refractivity contribution in [2.45, 2.75) is 6.92 Å². The number of benzene rings is 2. The summed E-state index contributed by atoms with van der Waals surface area (Å²) in [5.41, 5.74) is 1.58. The van der Waals surface area contributed by atoms with E-state index in [2.05, 4.69) is 27.0 Å². The predicted octanol–water partition coefficient (Wildman–Crippen LogP) is 4.26. The van der Waals surface area contributed by atoms with E-state index in [1.54, 1.807) is 17.4 Å². The summed E-state index contributed by atoms with van der Waals surface area (Å²) in [5, 5.41) is 1.88. The van der Waals surface area contributed by atoms with Gasteiger partial charge in [0.2, 0.25) is 0 Å². The van der Waals surface area contributed by atoms with Crippen molar-refractivity contribution in [3.8, 4) is 5.75 Å². The van der Waals surface area contributed by atoms with Crippen molar-refractivity contribution in [3.63, 3.8) is 0 Å². The summed E-state index contributed by atoms with van der Waals surface area (Å²) in [6, 6.07) is 11.1. The largest absolute Gasteiger partial charge is 0.494 e. The van der Waals surface area contributed by atoms with Crippen LogP contribution in [0, 0.1) is 12.7 Å². The van der Waals surface area contributed by atoms with Crippen LogP contribution in [0.2, 0.25) is 0 Å². The second-order valence-electron chi connectivity index (χ2n) is 7.53. The van der Waals surface area contributed by atoms with Gasteiger partial charge in [-0.25, -0.2) is 14.4 Å². The van der Waals surface area contributed by atoms with E-state index < -0.39 is 5.82 Å². The van der Waals surface area contributed by atoms with E-state index in [1.165, 1.54) is 19.5 Å². The Morgan fingerprint density at radius 3 is 2.61 bits per heavy atom. The Morgan fingerprint density at radius 1 is 1.10 bits per heavy atom. The van der Waals surface area contributed by atoms with Gasteiger partial charge in [-0.1, -0.05) is 18.2 Å². The number of anilines is 1. The van der Waals surface area contributed by atoms with Gasteiger partial charge in [-0.2, -0.15) is 0 Å². The second-order valence-corrected chi connectivity index (χ2v) is 8.58. The maximum Gasteiger partial charge on any atom is 0.264 e. The van der Waals surface area contributed by atoms with Gasteiger partial charge in [-0.15, -0.1) is 11.3 Å². The minimum Gasteiger partial charge on any atom is -0.494 e. The van der Waals surface area contributed by atoms with E-state index in [-0.39, 0.29) is 11.7 Å². The number of rotatable bonds is 3. The van der Waals surface area contributed by atoms with Gasteiger partial charge < -0.3 is 14.5 Å². The second kappa shape index (κ2) is 7.77. The number of ether oxygens (including phenoxy) is 1. The lowest BCUT2D eigenvalue weighted by Gasteiger charge is -2.35. The molecule has 1 aliphatic heterocycles. The van der Waals surface area contributed by atoms with Crippen LogP contribution in [0.25, 0.3) is 21.0 Å². The number of methoxy groups -OCH3 is 1. The Labute approximate surface area is 182 Å². The SMILES string of the molecule is COc1cc2c(N3CCN(C(=O)c4sc5ccccc5c4C)CC3)ncnc2cc1F. The quantitative estimate of drug-likeness (QED) is 0.480. The normalized spacial score (nSPS) is 14.4. The fraction of sp³-hybridized carbons (Fsp3) is 0.261. The maximum atomic E-state index is 14.1. The Morgan fingerprint density at radius 2 is 1.87 bits per heavy atom. The first kappa shape index (κ1) is 19.7. The first-order valence-corrected chi connectivity index (χ1v) is 10.9. The molecule has 4 aromatic rings. The standard InChI is InChI=1S/C23H21FN4O2S/c1-14-15-5-3-4-6-20(15)31-21(14)23(29)28-9-7-27(8-10-28)22-16-11-19(30-2)17(24)12-18(16)25-13-26-22/h3-6,11-13H,7-10H2,1-2H3. The Bertz CT molecular complexity index is 1300. The molecule has 6 nitrogen and oxygen atoms in total. The van der Waals surface area contributed by atoms with Gasteiger partial charge in [-0.3, -0.25) is 4.79 Å². The molecule has 0 atom stereocenters. The number of carbonyl (C=O) groups is 1. The Kier molecular flexibility index (Phi) is 4.94. The highest BCUT2D eigenvalue weighted by molar-refractivity contribution is 7.21. The molecule has 158 valence electrons. The number of nitrogens with zero attached hydrogens (tertiary/aromatic N) is 4. The topological polar surface area (TPSA) is 58.6 Å². The molecular weight excluding hydrogens is 415 g/mol. The molecule has 31 heavy (non-hydrogen) atoms. The van der Waals surface area contributed by atoms with Crippen LogP contribution in [0.3, 0.4) is 0 Å². The molecule has 0 saturated carbocycles. The molecule has 2 aromatic carbocycles. The third-order valence-corrected chi connectivity index (χ3v) is 7.05. The molecule has 8 heteroatoms. The smallest absolute Gasteiger partial charge is 0.264 e. The highest BCUT2D eigenvalue weighted by atomic mass is 32.1. The zero-order chi connectivity index (χ0) is 21.5. The van der Waals surface area contributed by atoms with Crippen LogP contribution in [-0.2, 0) is 0 Å². The molecule has 2 aromatic heterocycles.